The Balaban J connectivity index is 1.53. The molecule has 0 fully saturated rings. The summed E-state index contributed by atoms with van der Waals surface area (Å²) >= 11 is 0. The lowest BCUT2D eigenvalue weighted by atomic mass is 10.1. The molecule has 6 nitrogen and oxygen atoms in total. The summed E-state index contributed by atoms with van der Waals surface area (Å²) in [4.78, 5) is 23.4. The second-order valence-corrected chi connectivity index (χ2v) is 7.02. The lowest BCUT2D eigenvalue weighted by Gasteiger charge is -2.29. The SMILES string of the molecule is CC(Cc1ccccc1)n1cccc1C(=O)N1CCc2cnc(N)nc2C1. The average molecular weight is 361 g/mol. The van der Waals surface area contributed by atoms with Gasteiger partial charge in [-0.15, -0.1) is 0 Å². The Kier molecular flexibility index (Phi) is 4.62. The lowest BCUT2D eigenvalue weighted by molar-refractivity contribution is 0.0718. The molecule has 0 radical (unpaired) electrons. The normalized spacial score (nSPS) is 14.6. The maximum atomic E-state index is 13.2. The van der Waals surface area contributed by atoms with Crippen molar-refractivity contribution in [2.75, 3.05) is 12.3 Å². The number of aromatic nitrogens is 3. The van der Waals surface area contributed by atoms with Crippen LogP contribution in [0.25, 0.3) is 0 Å². The molecule has 1 atom stereocenters. The minimum atomic E-state index is 0.0303. The molecule has 1 aliphatic heterocycles. The van der Waals surface area contributed by atoms with Gasteiger partial charge < -0.3 is 15.2 Å². The van der Waals surface area contributed by atoms with E-state index >= 15 is 0 Å². The van der Waals surface area contributed by atoms with Gasteiger partial charge in [0.05, 0.1) is 12.2 Å². The van der Waals surface area contributed by atoms with Crippen LogP contribution in [0.2, 0.25) is 0 Å². The lowest BCUT2D eigenvalue weighted by Crippen LogP contribution is -2.38. The smallest absolute Gasteiger partial charge is 0.270 e. The molecular formula is C21H23N5O. The third-order valence-corrected chi connectivity index (χ3v) is 5.10. The van der Waals surface area contributed by atoms with Crippen molar-refractivity contribution in [2.45, 2.75) is 32.4 Å². The topological polar surface area (TPSA) is 77.0 Å². The van der Waals surface area contributed by atoms with Crippen LogP contribution < -0.4 is 5.73 Å². The highest BCUT2D eigenvalue weighted by atomic mass is 16.2. The van der Waals surface area contributed by atoms with Crippen molar-refractivity contribution in [2.24, 2.45) is 0 Å². The number of nitrogens with zero attached hydrogens (tertiary/aromatic N) is 4. The summed E-state index contributed by atoms with van der Waals surface area (Å²) in [5.74, 6) is 0.283. The van der Waals surface area contributed by atoms with E-state index in [1.54, 1.807) is 6.20 Å². The number of carbonyl (C=O) groups excluding carboxylic acids is 1. The van der Waals surface area contributed by atoms with E-state index in [0.717, 1.165) is 24.1 Å². The Bertz CT molecular complexity index is 950. The van der Waals surface area contributed by atoms with Gasteiger partial charge in [-0.2, -0.15) is 0 Å². The van der Waals surface area contributed by atoms with Gasteiger partial charge in [0, 0.05) is 25.0 Å². The summed E-state index contributed by atoms with van der Waals surface area (Å²) in [6.45, 7) is 3.28. The van der Waals surface area contributed by atoms with Crippen molar-refractivity contribution >= 4 is 11.9 Å². The average Bonchev–Trinajstić information content (AvgIpc) is 3.17. The highest BCUT2D eigenvalue weighted by molar-refractivity contribution is 5.93. The molecule has 2 N–H and O–H groups in total. The first-order chi connectivity index (χ1) is 13.1. The van der Waals surface area contributed by atoms with Crippen molar-refractivity contribution in [1.82, 2.24) is 19.4 Å². The van der Waals surface area contributed by atoms with Crippen LogP contribution in [0.1, 0.15) is 40.3 Å². The second kappa shape index (κ2) is 7.23. The van der Waals surface area contributed by atoms with E-state index < -0.39 is 0 Å². The molecule has 3 aromatic rings. The van der Waals surface area contributed by atoms with Gasteiger partial charge >= 0.3 is 0 Å². The van der Waals surface area contributed by atoms with Crippen molar-refractivity contribution < 1.29 is 4.79 Å². The molecule has 138 valence electrons. The summed E-state index contributed by atoms with van der Waals surface area (Å²) in [5.41, 5.74) is 9.59. The van der Waals surface area contributed by atoms with Crippen molar-refractivity contribution in [1.29, 1.82) is 0 Å². The fraction of sp³-hybridized carbons (Fsp3) is 0.286. The molecule has 2 aromatic heterocycles. The number of nitrogen functional groups attached to an aromatic ring is 1. The van der Waals surface area contributed by atoms with Gasteiger partial charge in [0.2, 0.25) is 5.95 Å². The predicted molar refractivity (Wildman–Crippen MR) is 104 cm³/mol. The van der Waals surface area contributed by atoms with Crippen LogP contribution in [-0.2, 0) is 19.4 Å². The molecule has 27 heavy (non-hydrogen) atoms. The summed E-state index contributed by atoms with van der Waals surface area (Å²) in [6.07, 6.45) is 5.38. The largest absolute Gasteiger partial charge is 0.368 e. The number of fused-ring (bicyclic) bond motifs is 1. The fourth-order valence-corrected chi connectivity index (χ4v) is 3.67. The zero-order valence-corrected chi connectivity index (χ0v) is 15.4. The number of hydrogen-bond acceptors (Lipinski definition) is 4. The monoisotopic (exact) mass is 361 g/mol. The number of nitrogens with two attached hydrogens (primary N) is 1. The van der Waals surface area contributed by atoms with E-state index in [-0.39, 0.29) is 17.9 Å². The quantitative estimate of drug-likeness (QED) is 0.775. The molecule has 6 heteroatoms. The van der Waals surface area contributed by atoms with E-state index in [4.69, 9.17) is 5.73 Å². The minimum absolute atomic E-state index is 0.0303. The van der Waals surface area contributed by atoms with Gasteiger partial charge in [0.1, 0.15) is 5.69 Å². The molecule has 1 unspecified atom stereocenters. The number of rotatable bonds is 4. The maximum absolute atomic E-state index is 13.2. The molecule has 4 rings (SSSR count). The van der Waals surface area contributed by atoms with Gasteiger partial charge in [0.25, 0.3) is 5.91 Å². The zero-order chi connectivity index (χ0) is 18.8. The second-order valence-electron chi connectivity index (χ2n) is 7.02. The molecule has 0 spiro atoms. The van der Waals surface area contributed by atoms with Gasteiger partial charge in [0.15, 0.2) is 0 Å². The Labute approximate surface area is 158 Å². The van der Waals surface area contributed by atoms with Gasteiger partial charge in [-0.3, -0.25) is 4.79 Å². The molecule has 1 aromatic carbocycles. The third-order valence-electron chi connectivity index (χ3n) is 5.10. The minimum Gasteiger partial charge on any atom is -0.368 e. The first-order valence-corrected chi connectivity index (χ1v) is 9.22. The van der Waals surface area contributed by atoms with Crippen LogP contribution in [-0.4, -0.2) is 31.9 Å². The summed E-state index contributed by atoms with van der Waals surface area (Å²) in [6, 6.07) is 14.4. The summed E-state index contributed by atoms with van der Waals surface area (Å²) < 4.78 is 2.07. The van der Waals surface area contributed by atoms with Crippen LogP contribution in [0, 0.1) is 0 Å². The van der Waals surface area contributed by atoms with Crippen LogP contribution in [0.5, 0.6) is 0 Å². The van der Waals surface area contributed by atoms with Crippen molar-refractivity contribution in [3.8, 4) is 0 Å². The standard InChI is InChI=1S/C21H23N5O/c1-15(12-16-6-3-2-4-7-16)26-10-5-8-19(26)20(27)25-11-9-17-13-23-21(22)24-18(17)14-25/h2-8,10,13,15H,9,11-12,14H2,1H3,(H2,22,23,24). The predicted octanol–water partition coefficient (Wildman–Crippen LogP) is 2.86. The maximum Gasteiger partial charge on any atom is 0.270 e. The number of amides is 1. The first kappa shape index (κ1) is 17.3. The zero-order valence-electron chi connectivity index (χ0n) is 15.4. The number of benzene rings is 1. The van der Waals surface area contributed by atoms with Crippen LogP contribution >= 0.6 is 0 Å². The fourth-order valence-electron chi connectivity index (χ4n) is 3.67. The first-order valence-electron chi connectivity index (χ1n) is 9.22. The molecule has 3 heterocycles. The summed E-state index contributed by atoms with van der Waals surface area (Å²) in [7, 11) is 0. The third kappa shape index (κ3) is 3.56. The molecule has 1 aliphatic rings. The Morgan fingerprint density at radius 2 is 2.04 bits per heavy atom. The van der Waals surface area contributed by atoms with Gasteiger partial charge in [-0.1, -0.05) is 30.3 Å². The molecule has 0 saturated carbocycles. The molecule has 1 amide bonds. The van der Waals surface area contributed by atoms with E-state index in [2.05, 4.69) is 33.6 Å². The highest BCUT2D eigenvalue weighted by Gasteiger charge is 2.25. The van der Waals surface area contributed by atoms with Gasteiger partial charge in [-0.25, -0.2) is 9.97 Å². The van der Waals surface area contributed by atoms with Gasteiger partial charge in [-0.05, 0) is 43.0 Å². The molecule has 0 saturated heterocycles. The van der Waals surface area contributed by atoms with Crippen molar-refractivity contribution in [3.63, 3.8) is 0 Å². The van der Waals surface area contributed by atoms with E-state index in [1.807, 2.05) is 41.4 Å². The number of carbonyl (C=O) groups is 1. The van der Waals surface area contributed by atoms with E-state index in [0.29, 0.717) is 18.8 Å². The van der Waals surface area contributed by atoms with Crippen LogP contribution in [0.3, 0.4) is 0 Å². The Morgan fingerprint density at radius 1 is 1.22 bits per heavy atom. The Hall–Kier alpha value is -3.15. The number of anilines is 1. The molecule has 0 aliphatic carbocycles. The summed E-state index contributed by atoms with van der Waals surface area (Å²) in [5, 5.41) is 0. The van der Waals surface area contributed by atoms with E-state index in [9.17, 15) is 4.79 Å². The van der Waals surface area contributed by atoms with Crippen LogP contribution in [0.4, 0.5) is 5.95 Å². The number of hydrogen-bond donors (Lipinski definition) is 1. The molecule has 0 bridgehead atoms. The van der Waals surface area contributed by atoms with E-state index in [1.165, 1.54) is 5.56 Å². The Morgan fingerprint density at radius 3 is 2.85 bits per heavy atom. The molecular weight excluding hydrogens is 338 g/mol. The highest BCUT2D eigenvalue weighted by Crippen LogP contribution is 2.22. The van der Waals surface area contributed by atoms with Crippen molar-refractivity contribution in [3.05, 3.63) is 77.4 Å². The van der Waals surface area contributed by atoms with Crippen LogP contribution in [0.15, 0.2) is 54.9 Å².